The first-order chi connectivity index (χ1) is 10.1. The van der Waals surface area contributed by atoms with E-state index in [0.29, 0.717) is 0 Å². The van der Waals surface area contributed by atoms with Gasteiger partial charge in [-0.1, -0.05) is 22.4 Å². The topological polar surface area (TPSA) is 70.2 Å². The fourth-order valence-corrected chi connectivity index (χ4v) is 2.80. The summed E-state index contributed by atoms with van der Waals surface area (Å²) >= 11 is 3.38. The quantitative estimate of drug-likeness (QED) is 0.774. The van der Waals surface area contributed by atoms with Crippen LogP contribution in [0.2, 0.25) is 0 Å². The molecule has 1 heterocycles. The van der Waals surface area contributed by atoms with E-state index in [9.17, 15) is 9.59 Å². The zero-order valence-corrected chi connectivity index (χ0v) is 13.6. The normalized spacial score (nSPS) is 18.1. The van der Waals surface area contributed by atoms with Gasteiger partial charge >= 0.3 is 0 Å². The van der Waals surface area contributed by atoms with E-state index in [1.807, 2.05) is 25.1 Å². The number of rotatable bonds is 4. The zero-order chi connectivity index (χ0) is 15.2. The number of hydrogen-bond acceptors (Lipinski definition) is 3. The number of nitrogens with one attached hydrogen (secondary N) is 3. The second kappa shape index (κ2) is 7.56. The summed E-state index contributed by atoms with van der Waals surface area (Å²) in [7, 11) is 0. The van der Waals surface area contributed by atoms with E-state index in [0.717, 1.165) is 41.5 Å². The van der Waals surface area contributed by atoms with Crippen LogP contribution in [0.5, 0.6) is 0 Å². The maximum Gasteiger partial charge on any atom is 0.243 e. The molecule has 5 nitrogen and oxygen atoms in total. The molecule has 2 amide bonds. The van der Waals surface area contributed by atoms with Crippen molar-refractivity contribution in [3.8, 4) is 0 Å². The second-order valence-corrected chi connectivity index (χ2v) is 6.14. The first kappa shape index (κ1) is 16.0. The molecular formula is C15H20BrN3O2. The average molecular weight is 354 g/mol. The number of anilines is 1. The lowest BCUT2D eigenvalue weighted by atomic mass is 10.0. The maximum atomic E-state index is 11.9. The van der Waals surface area contributed by atoms with Gasteiger partial charge < -0.3 is 16.0 Å². The molecule has 1 aliphatic heterocycles. The summed E-state index contributed by atoms with van der Waals surface area (Å²) in [6.45, 7) is 2.78. The Hall–Kier alpha value is -1.40. The van der Waals surface area contributed by atoms with Crippen LogP contribution in [0.15, 0.2) is 22.7 Å². The van der Waals surface area contributed by atoms with Crippen LogP contribution in [0.3, 0.4) is 0 Å². The molecule has 2 rings (SSSR count). The van der Waals surface area contributed by atoms with Gasteiger partial charge in [0.1, 0.15) is 0 Å². The average Bonchev–Trinajstić information content (AvgIpc) is 2.48. The molecule has 1 aliphatic rings. The molecule has 21 heavy (non-hydrogen) atoms. The number of amides is 2. The molecule has 0 spiro atoms. The third kappa shape index (κ3) is 4.82. The third-order valence-electron chi connectivity index (χ3n) is 3.51. The van der Waals surface area contributed by atoms with Gasteiger partial charge in [-0.3, -0.25) is 9.59 Å². The number of halogens is 1. The smallest absolute Gasteiger partial charge is 0.243 e. The van der Waals surface area contributed by atoms with Crippen molar-refractivity contribution in [1.29, 1.82) is 0 Å². The Morgan fingerprint density at radius 2 is 2.19 bits per heavy atom. The minimum atomic E-state index is -0.218. The van der Waals surface area contributed by atoms with Crippen LogP contribution in [0.4, 0.5) is 5.69 Å². The van der Waals surface area contributed by atoms with Gasteiger partial charge in [0.15, 0.2) is 0 Å². The molecule has 1 fully saturated rings. The minimum Gasteiger partial charge on any atom is -0.346 e. The Labute approximate surface area is 133 Å². The fraction of sp³-hybridized carbons (Fsp3) is 0.467. The van der Waals surface area contributed by atoms with Gasteiger partial charge in [0.05, 0.1) is 12.6 Å². The number of carbonyl (C=O) groups is 2. The van der Waals surface area contributed by atoms with E-state index in [2.05, 4.69) is 31.9 Å². The summed E-state index contributed by atoms with van der Waals surface area (Å²) in [5, 5.41) is 8.64. The Kier molecular flexibility index (Phi) is 5.76. The summed E-state index contributed by atoms with van der Waals surface area (Å²) in [5.41, 5.74) is 1.73. The number of aryl methyl sites for hydroxylation is 1. The van der Waals surface area contributed by atoms with Crippen molar-refractivity contribution in [1.82, 2.24) is 10.6 Å². The fourth-order valence-electron chi connectivity index (χ4n) is 2.33. The molecule has 0 saturated carbocycles. The molecule has 1 aromatic carbocycles. The Morgan fingerprint density at radius 3 is 2.86 bits per heavy atom. The number of piperidine rings is 1. The Morgan fingerprint density at radius 1 is 1.38 bits per heavy atom. The number of hydrogen-bond donors (Lipinski definition) is 3. The number of benzene rings is 1. The van der Waals surface area contributed by atoms with Crippen molar-refractivity contribution < 1.29 is 9.59 Å². The van der Waals surface area contributed by atoms with Crippen LogP contribution >= 0.6 is 15.9 Å². The SMILES string of the molecule is Cc1cc(Br)ccc1NC(=O)CNC(=O)C1CCCCN1. The summed E-state index contributed by atoms with van der Waals surface area (Å²) < 4.78 is 0.967. The molecule has 0 radical (unpaired) electrons. The van der Waals surface area contributed by atoms with Crippen LogP contribution in [0, 0.1) is 6.92 Å². The highest BCUT2D eigenvalue weighted by molar-refractivity contribution is 9.10. The molecule has 1 unspecified atom stereocenters. The van der Waals surface area contributed by atoms with E-state index in [4.69, 9.17) is 0 Å². The molecule has 0 aromatic heterocycles. The molecule has 0 bridgehead atoms. The highest BCUT2D eigenvalue weighted by Gasteiger charge is 2.20. The molecule has 6 heteroatoms. The third-order valence-corrected chi connectivity index (χ3v) is 4.01. The van der Waals surface area contributed by atoms with Crippen molar-refractivity contribution in [3.63, 3.8) is 0 Å². The van der Waals surface area contributed by atoms with Crippen LogP contribution in [0.25, 0.3) is 0 Å². The van der Waals surface area contributed by atoms with Crippen molar-refractivity contribution in [2.75, 3.05) is 18.4 Å². The van der Waals surface area contributed by atoms with E-state index in [1.165, 1.54) is 0 Å². The Balaban J connectivity index is 1.80. The molecule has 1 saturated heterocycles. The highest BCUT2D eigenvalue weighted by Crippen LogP contribution is 2.19. The molecule has 114 valence electrons. The lowest BCUT2D eigenvalue weighted by Gasteiger charge is -2.22. The van der Waals surface area contributed by atoms with E-state index in [-0.39, 0.29) is 24.4 Å². The van der Waals surface area contributed by atoms with Crippen molar-refractivity contribution in [2.45, 2.75) is 32.2 Å². The monoisotopic (exact) mass is 353 g/mol. The number of carbonyl (C=O) groups excluding carboxylic acids is 2. The van der Waals surface area contributed by atoms with E-state index < -0.39 is 0 Å². The predicted molar refractivity (Wildman–Crippen MR) is 86.2 cm³/mol. The molecule has 1 aromatic rings. The van der Waals surface area contributed by atoms with Crippen LogP contribution in [0.1, 0.15) is 24.8 Å². The van der Waals surface area contributed by atoms with Crippen LogP contribution < -0.4 is 16.0 Å². The largest absolute Gasteiger partial charge is 0.346 e. The van der Waals surface area contributed by atoms with E-state index >= 15 is 0 Å². The molecule has 1 atom stereocenters. The lowest BCUT2D eigenvalue weighted by Crippen LogP contribution is -2.48. The maximum absolute atomic E-state index is 11.9. The van der Waals surface area contributed by atoms with Crippen molar-refractivity contribution in [2.24, 2.45) is 0 Å². The van der Waals surface area contributed by atoms with Gasteiger partial charge in [0.25, 0.3) is 0 Å². The standard InChI is InChI=1S/C15H20BrN3O2/c1-10-8-11(16)5-6-12(10)19-14(20)9-18-15(21)13-4-2-3-7-17-13/h5-6,8,13,17H,2-4,7,9H2,1H3,(H,18,21)(H,19,20). The van der Waals surface area contributed by atoms with E-state index in [1.54, 1.807) is 0 Å². The van der Waals surface area contributed by atoms with Crippen molar-refractivity contribution >= 4 is 33.4 Å². The van der Waals surface area contributed by atoms with Crippen molar-refractivity contribution in [3.05, 3.63) is 28.2 Å². The summed E-state index contributed by atoms with van der Waals surface area (Å²) in [6, 6.07) is 5.47. The summed E-state index contributed by atoms with van der Waals surface area (Å²) in [4.78, 5) is 23.8. The summed E-state index contributed by atoms with van der Waals surface area (Å²) in [6.07, 6.45) is 2.99. The van der Waals surface area contributed by atoms with Crippen LogP contribution in [-0.4, -0.2) is 30.9 Å². The van der Waals surface area contributed by atoms with Gasteiger partial charge in [0, 0.05) is 10.2 Å². The first-order valence-electron chi connectivity index (χ1n) is 7.13. The molecular weight excluding hydrogens is 334 g/mol. The molecule has 0 aliphatic carbocycles. The van der Waals surface area contributed by atoms with Gasteiger partial charge in [0.2, 0.25) is 11.8 Å². The van der Waals surface area contributed by atoms with Gasteiger partial charge in [-0.15, -0.1) is 0 Å². The van der Waals surface area contributed by atoms with Gasteiger partial charge in [-0.05, 0) is 50.1 Å². The highest BCUT2D eigenvalue weighted by atomic mass is 79.9. The summed E-state index contributed by atoms with van der Waals surface area (Å²) in [5.74, 6) is -0.318. The Bertz CT molecular complexity index is 528. The minimum absolute atomic E-state index is 0.00742. The molecule has 3 N–H and O–H groups in total. The van der Waals surface area contributed by atoms with Gasteiger partial charge in [-0.2, -0.15) is 0 Å². The van der Waals surface area contributed by atoms with Gasteiger partial charge in [-0.25, -0.2) is 0 Å². The first-order valence-corrected chi connectivity index (χ1v) is 7.92. The predicted octanol–water partition coefficient (Wildman–Crippen LogP) is 1.95. The second-order valence-electron chi connectivity index (χ2n) is 5.23. The zero-order valence-electron chi connectivity index (χ0n) is 12.0. The van der Waals surface area contributed by atoms with Crippen LogP contribution in [-0.2, 0) is 9.59 Å². The lowest BCUT2D eigenvalue weighted by molar-refractivity contribution is -0.126.